The molecular weight excluding hydrogens is 186 g/mol. The van der Waals surface area contributed by atoms with Crippen LogP contribution in [-0.2, 0) is 0 Å². The van der Waals surface area contributed by atoms with Crippen molar-refractivity contribution in [2.24, 2.45) is 0 Å². The fraction of sp³-hybridized carbons (Fsp3) is 0.167. The average molecular weight is 198 g/mol. The molecule has 1 aromatic heterocycles. The lowest BCUT2D eigenvalue weighted by molar-refractivity contribution is -0.639. The maximum atomic E-state index is 9.00. The molecule has 2 rings (SSSR count). The van der Waals surface area contributed by atoms with Crippen LogP contribution in [0.2, 0.25) is 0 Å². The summed E-state index contributed by atoms with van der Waals surface area (Å²) in [7, 11) is 0. The Kier molecular flexibility index (Phi) is 2.51. The summed E-state index contributed by atoms with van der Waals surface area (Å²) in [5.74, 6) is 5.56. The molecule has 0 atom stereocenters. The Morgan fingerprint density at radius 3 is 2.93 bits per heavy atom. The first-order valence-electron chi connectivity index (χ1n) is 4.89. The predicted molar refractivity (Wildman–Crippen MR) is 57.9 cm³/mol. The summed E-state index contributed by atoms with van der Waals surface area (Å²) in [6.45, 7) is 0. The van der Waals surface area contributed by atoms with Crippen molar-refractivity contribution < 1.29 is 4.68 Å². The van der Waals surface area contributed by atoms with Crippen molar-refractivity contribution in [2.45, 2.75) is 12.8 Å². The molecule has 0 bridgehead atoms. The third-order valence-electron chi connectivity index (χ3n) is 2.41. The summed E-state index contributed by atoms with van der Waals surface area (Å²) < 4.78 is 1.40. The van der Waals surface area contributed by atoms with Gasteiger partial charge >= 0.3 is 0 Å². The molecule has 0 amide bonds. The van der Waals surface area contributed by atoms with Crippen molar-refractivity contribution in [1.29, 1.82) is 5.26 Å². The van der Waals surface area contributed by atoms with E-state index in [1.54, 1.807) is 12.4 Å². The molecule has 0 fully saturated rings. The summed E-state index contributed by atoms with van der Waals surface area (Å²) in [5, 5.41) is 9.00. The zero-order chi connectivity index (χ0) is 10.7. The minimum atomic E-state index is 0.609. The van der Waals surface area contributed by atoms with Gasteiger partial charge in [-0.15, -0.1) is 0 Å². The van der Waals surface area contributed by atoms with Crippen molar-refractivity contribution in [3.05, 3.63) is 47.8 Å². The van der Waals surface area contributed by atoms with Crippen LogP contribution in [0.4, 0.5) is 0 Å². The van der Waals surface area contributed by atoms with Crippen LogP contribution in [0, 0.1) is 11.3 Å². The Bertz CT molecular complexity index is 478. The summed E-state index contributed by atoms with van der Waals surface area (Å²) >= 11 is 0. The average Bonchev–Trinajstić information content (AvgIpc) is 2.30. The fourth-order valence-electron chi connectivity index (χ4n) is 1.67. The summed E-state index contributed by atoms with van der Waals surface area (Å²) in [6.07, 6.45) is 11.8. The molecule has 1 aromatic rings. The molecule has 2 N–H and O–H groups in total. The maximum Gasteiger partial charge on any atom is 0.217 e. The summed E-state index contributed by atoms with van der Waals surface area (Å²) in [6, 6.07) is 4.03. The number of rotatable bonds is 1. The van der Waals surface area contributed by atoms with Crippen LogP contribution in [0.3, 0.4) is 0 Å². The van der Waals surface area contributed by atoms with Gasteiger partial charge in [0.1, 0.15) is 11.6 Å². The molecule has 15 heavy (non-hydrogen) atoms. The van der Waals surface area contributed by atoms with Crippen molar-refractivity contribution >= 4 is 5.57 Å². The largest absolute Gasteiger partial charge is 0.217 e. The van der Waals surface area contributed by atoms with Gasteiger partial charge in [-0.05, 0) is 18.4 Å². The second-order valence-corrected chi connectivity index (χ2v) is 3.47. The summed E-state index contributed by atoms with van der Waals surface area (Å²) in [5.41, 5.74) is 2.67. The van der Waals surface area contributed by atoms with Crippen LogP contribution in [0.5, 0.6) is 0 Å². The van der Waals surface area contributed by atoms with Crippen LogP contribution >= 0.6 is 0 Å². The van der Waals surface area contributed by atoms with E-state index >= 15 is 0 Å². The number of pyridine rings is 1. The number of hydrogen-bond donors (Lipinski definition) is 1. The van der Waals surface area contributed by atoms with Gasteiger partial charge in [0.25, 0.3) is 0 Å². The fourth-order valence-corrected chi connectivity index (χ4v) is 1.67. The van der Waals surface area contributed by atoms with Crippen molar-refractivity contribution in [3.63, 3.8) is 0 Å². The Labute approximate surface area is 88.7 Å². The topological polar surface area (TPSA) is 53.7 Å². The molecular formula is C12H12N3+. The first-order valence-corrected chi connectivity index (χ1v) is 4.89. The molecule has 0 unspecified atom stereocenters. The highest BCUT2D eigenvalue weighted by Crippen LogP contribution is 2.22. The van der Waals surface area contributed by atoms with Gasteiger partial charge in [-0.1, -0.05) is 22.9 Å². The molecule has 74 valence electrons. The predicted octanol–water partition coefficient (Wildman–Crippen LogP) is 1.29. The Balaban J connectivity index is 2.49. The molecule has 0 saturated heterocycles. The molecule has 0 aliphatic heterocycles. The lowest BCUT2D eigenvalue weighted by Crippen LogP contribution is -2.43. The second kappa shape index (κ2) is 3.97. The first-order chi connectivity index (χ1) is 7.31. The lowest BCUT2D eigenvalue weighted by Gasteiger charge is -2.06. The highest BCUT2D eigenvalue weighted by molar-refractivity contribution is 5.77. The normalized spacial score (nSPS) is 14.5. The van der Waals surface area contributed by atoms with Gasteiger partial charge in [0.2, 0.25) is 6.20 Å². The molecule has 3 nitrogen and oxygen atoms in total. The smallest absolute Gasteiger partial charge is 0.205 e. The standard InChI is InChI=1S/C12H12N3/c13-8-11-9-15(14)7-6-12(11)10-4-2-1-3-5-10/h2,4-7,9H,1,3,14H2/q+1. The van der Waals surface area contributed by atoms with Crippen LogP contribution in [0.1, 0.15) is 24.0 Å². The number of aromatic nitrogens is 1. The molecule has 0 radical (unpaired) electrons. The minimum Gasteiger partial charge on any atom is -0.205 e. The molecule has 0 aromatic carbocycles. The van der Waals surface area contributed by atoms with E-state index in [4.69, 9.17) is 11.1 Å². The molecule has 1 aliphatic rings. The van der Waals surface area contributed by atoms with E-state index in [9.17, 15) is 0 Å². The maximum absolute atomic E-state index is 9.00. The Morgan fingerprint density at radius 1 is 1.40 bits per heavy atom. The third-order valence-corrected chi connectivity index (χ3v) is 2.41. The minimum absolute atomic E-state index is 0.609. The van der Waals surface area contributed by atoms with E-state index < -0.39 is 0 Å². The van der Waals surface area contributed by atoms with Crippen LogP contribution < -0.4 is 10.5 Å². The SMILES string of the molecule is N#Cc1c[n+](N)ccc1C1=CCCC=C1. The number of hydrogen-bond acceptors (Lipinski definition) is 2. The van der Waals surface area contributed by atoms with Gasteiger partial charge in [-0.3, -0.25) is 0 Å². The highest BCUT2D eigenvalue weighted by atomic mass is 15.3. The first kappa shape index (κ1) is 9.47. The summed E-state index contributed by atoms with van der Waals surface area (Å²) in [4.78, 5) is 0. The number of nitriles is 1. The van der Waals surface area contributed by atoms with Gasteiger partial charge in [0, 0.05) is 11.6 Å². The van der Waals surface area contributed by atoms with Gasteiger partial charge in [-0.2, -0.15) is 5.26 Å². The quantitative estimate of drug-likeness (QED) is 0.546. The second-order valence-electron chi connectivity index (χ2n) is 3.47. The van der Waals surface area contributed by atoms with Crippen LogP contribution in [-0.4, -0.2) is 0 Å². The third kappa shape index (κ3) is 1.89. The van der Waals surface area contributed by atoms with Crippen molar-refractivity contribution in [3.8, 4) is 6.07 Å². The van der Waals surface area contributed by atoms with Gasteiger partial charge < -0.3 is 0 Å². The number of nitrogens with two attached hydrogens (primary N) is 1. The highest BCUT2D eigenvalue weighted by Gasteiger charge is 2.10. The zero-order valence-electron chi connectivity index (χ0n) is 8.35. The van der Waals surface area contributed by atoms with E-state index in [1.807, 2.05) is 6.07 Å². The van der Waals surface area contributed by atoms with Crippen LogP contribution in [0.25, 0.3) is 5.57 Å². The van der Waals surface area contributed by atoms with E-state index in [0.717, 1.165) is 24.0 Å². The van der Waals surface area contributed by atoms with Gasteiger partial charge in [-0.25, -0.2) is 5.84 Å². The van der Waals surface area contributed by atoms with Crippen molar-refractivity contribution in [1.82, 2.24) is 0 Å². The Morgan fingerprint density at radius 2 is 2.27 bits per heavy atom. The molecule has 0 spiro atoms. The molecule has 1 heterocycles. The molecule has 0 saturated carbocycles. The van der Waals surface area contributed by atoms with Crippen molar-refractivity contribution in [2.75, 3.05) is 5.84 Å². The molecule has 1 aliphatic carbocycles. The van der Waals surface area contributed by atoms with Crippen LogP contribution in [0.15, 0.2) is 36.7 Å². The number of nitrogens with zero attached hydrogens (tertiary/aromatic N) is 2. The molecule has 3 heteroatoms. The Hall–Kier alpha value is -2.08. The van der Waals surface area contributed by atoms with Gasteiger partial charge in [0.15, 0.2) is 6.20 Å². The lowest BCUT2D eigenvalue weighted by atomic mass is 9.97. The number of nitrogen functional groups attached to an aromatic ring is 1. The number of allylic oxidation sites excluding steroid dienone is 4. The van der Waals surface area contributed by atoms with E-state index in [-0.39, 0.29) is 0 Å². The zero-order valence-corrected chi connectivity index (χ0v) is 8.35. The van der Waals surface area contributed by atoms with Gasteiger partial charge in [0.05, 0.1) is 0 Å². The van der Waals surface area contributed by atoms with E-state index in [0.29, 0.717) is 5.56 Å². The monoisotopic (exact) mass is 198 g/mol. The van der Waals surface area contributed by atoms with E-state index in [2.05, 4.69) is 24.3 Å². The van der Waals surface area contributed by atoms with E-state index in [1.165, 1.54) is 4.68 Å².